The predicted molar refractivity (Wildman–Crippen MR) is 151 cm³/mol. The second kappa shape index (κ2) is 11.5. The van der Waals surface area contributed by atoms with Gasteiger partial charge in [-0.2, -0.15) is 0 Å². The highest BCUT2D eigenvalue weighted by Crippen LogP contribution is 2.35. The minimum atomic E-state index is 0.787. The van der Waals surface area contributed by atoms with Gasteiger partial charge in [-0.3, -0.25) is 9.80 Å². The van der Waals surface area contributed by atoms with Gasteiger partial charge in [-0.15, -0.1) is 0 Å². The Kier molecular flexibility index (Phi) is 8.14. The molecule has 0 spiro atoms. The van der Waals surface area contributed by atoms with Crippen LogP contribution in [-0.2, 0) is 19.6 Å². The molecule has 2 saturated heterocycles. The maximum Gasteiger partial charge on any atom is 0.0534 e. The van der Waals surface area contributed by atoms with Crippen LogP contribution in [0, 0.1) is 6.92 Å². The van der Waals surface area contributed by atoms with E-state index in [1.165, 1.54) is 33.6 Å². The Morgan fingerprint density at radius 1 is 0.639 bits per heavy atom. The normalized spacial score (nSPS) is 18.7. The lowest BCUT2D eigenvalue weighted by Crippen LogP contribution is -2.45. The van der Waals surface area contributed by atoms with Crippen molar-refractivity contribution in [1.82, 2.24) is 24.2 Å². The van der Waals surface area contributed by atoms with Crippen LogP contribution < -0.4 is 0 Å². The van der Waals surface area contributed by atoms with Gasteiger partial charge in [0, 0.05) is 82.7 Å². The number of piperazine rings is 2. The topological polar surface area (TPSA) is 17.9 Å². The maximum atomic E-state index is 6.32. The summed E-state index contributed by atoms with van der Waals surface area (Å²) in [4.78, 5) is 10.2. The molecule has 2 fully saturated rings. The number of aromatic nitrogens is 1. The predicted octanol–water partition coefficient (Wildman–Crippen LogP) is 4.66. The van der Waals surface area contributed by atoms with Crippen molar-refractivity contribution < 1.29 is 0 Å². The molecule has 0 saturated carbocycles. The summed E-state index contributed by atoms with van der Waals surface area (Å²) in [7, 11) is 4.46. The number of nitrogens with zero attached hydrogens (tertiary/aromatic N) is 5. The summed E-state index contributed by atoms with van der Waals surface area (Å²) in [6.07, 6.45) is 0. The summed E-state index contributed by atoms with van der Waals surface area (Å²) in [5.41, 5.74) is 8.35. The summed E-state index contributed by atoms with van der Waals surface area (Å²) in [6.45, 7) is 14.3. The maximum absolute atomic E-state index is 6.32. The van der Waals surface area contributed by atoms with Crippen LogP contribution in [0.2, 0.25) is 5.02 Å². The first kappa shape index (κ1) is 25.5. The van der Waals surface area contributed by atoms with Crippen molar-refractivity contribution in [1.29, 1.82) is 0 Å². The van der Waals surface area contributed by atoms with Gasteiger partial charge in [-0.25, -0.2) is 0 Å². The van der Waals surface area contributed by atoms with Crippen LogP contribution in [-0.4, -0.2) is 90.6 Å². The first-order chi connectivity index (χ1) is 17.5. The Labute approximate surface area is 221 Å². The van der Waals surface area contributed by atoms with E-state index in [1.54, 1.807) is 0 Å². The molecule has 6 heteroatoms. The zero-order chi connectivity index (χ0) is 25.1. The third kappa shape index (κ3) is 5.87. The Morgan fingerprint density at radius 2 is 1.17 bits per heavy atom. The van der Waals surface area contributed by atoms with E-state index in [2.05, 4.69) is 87.7 Å². The molecule has 3 heterocycles. The van der Waals surface area contributed by atoms with E-state index >= 15 is 0 Å². The lowest BCUT2D eigenvalue weighted by molar-refractivity contribution is 0.141. The van der Waals surface area contributed by atoms with Gasteiger partial charge in [0.25, 0.3) is 0 Å². The molecule has 5 nitrogen and oxygen atoms in total. The van der Waals surface area contributed by atoms with E-state index in [4.69, 9.17) is 11.6 Å². The number of hydrogen-bond donors (Lipinski definition) is 0. The molecule has 0 radical (unpaired) electrons. The van der Waals surface area contributed by atoms with Gasteiger partial charge in [0.05, 0.1) is 5.69 Å². The lowest BCUT2D eigenvalue weighted by atomic mass is 10.0. The van der Waals surface area contributed by atoms with E-state index in [-0.39, 0.29) is 0 Å². The zero-order valence-electron chi connectivity index (χ0n) is 22.1. The zero-order valence-corrected chi connectivity index (χ0v) is 22.8. The molecule has 0 aliphatic carbocycles. The third-order valence-corrected chi connectivity index (χ3v) is 8.27. The first-order valence-electron chi connectivity index (χ1n) is 13.3. The summed E-state index contributed by atoms with van der Waals surface area (Å²) >= 11 is 6.32. The molecule has 3 aromatic rings. The van der Waals surface area contributed by atoms with Crippen LogP contribution in [0.5, 0.6) is 0 Å². The number of benzene rings is 2. The van der Waals surface area contributed by atoms with Gasteiger partial charge in [0.15, 0.2) is 0 Å². The molecule has 0 unspecified atom stereocenters. The minimum Gasteiger partial charge on any atom is -0.340 e. The van der Waals surface area contributed by atoms with Crippen molar-refractivity contribution in [3.63, 3.8) is 0 Å². The molecule has 0 N–H and O–H groups in total. The quantitative estimate of drug-likeness (QED) is 0.464. The highest BCUT2D eigenvalue weighted by atomic mass is 35.5. The van der Waals surface area contributed by atoms with Gasteiger partial charge < -0.3 is 14.4 Å². The number of halogens is 1. The summed E-state index contributed by atoms with van der Waals surface area (Å²) < 4.78 is 2.56. The first-order valence-corrected chi connectivity index (χ1v) is 13.7. The molecular weight excluding hydrogens is 466 g/mol. The monoisotopic (exact) mass is 505 g/mol. The molecule has 2 aliphatic heterocycles. The molecule has 2 aliphatic rings. The fraction of sp³-hybridized carbons (Fsp3) is 0.467. The SMILES string of the molecule is Cc1c(CN2CCN(C)CC2)c(CN2CCN(C)CC2)c(-c2ccc(Cl)cc2)n1Cc1ccccc1. The van der Waals surface area contributed by atoms with Gasteiger partial charge in [0.2, 0.25) is 0 Å². The Bertz CT molecular complexity index is 1120. The van der Waals surface area contributed by atoms with Gasteiger partial charge in [0.1, 0.15) is 0 Å². The Hall–Kier alpha value is -2.15. The van der Waals surface area contributed by atoms with E-state index in [1.807, 2.05) is 12.1 Å². The molecule has 0 atom stereocenters. The highest BCUT2D eigenvalue weighted by Gasteiger charge is 2.26. The molecule has 1 aromatic heterocycles. The highest BCUT2D eigenvalue weighted by molar-refractivity contribution is 6.30. The molecule has 192 valence electrons. The lowest BCUT2D eigenvalue weighted by Gasteiger charge is -2.34. The van der Waals surface area contributed by atoms with Gasteiger partial charge >= 0.3 is 0 Å². The van der Waals surface area contributed by atoms with Crippen molar-refractivity contribution in [2.24, 2.45) is 0 Å². The molecule has 0 amide bonds. The fourth-order valence-electron chi connectivity index (χ4n) is 5.60. The average molecular weight is 506 g/mol. The minimum absolute atomic E-state index is 0.787. The average Bonchev–Trinajstić information content (AvgIpc) is 3.13. The van der Waals surface area contributed by atoms with Crippen LogP contribution in [0.25, 0.3) is 11.3 Å². The van der Waals surface area contributed by atoms with Crippen molar-refractivity contribution in [2.45, 2.75) is 26.6 Å². The van der Waals surface area contributed by atoms with Crippen molar-refractivity contribution in [3.05, 3.63) is 82.0 Å². The van der Waals surface area contributed by atoms with E-state index in [0.717, 1.165) is 77.0 Å². The number of rotatable bonds is 7. The van der Waals surface area contributed by atoms with Gasteiger partial charge in [-0.05, 0) is 55.4 Å². The molecule has 36 heavy (non-hydrogen) atoms. The second-order valence-corrected chi connectivity index (χ2v) is 11.1. The fourth-order valence-corrected chi connectivity index (χ4v) is 5.72. The largest absolute Gasteiger partial charge is 0.340 e. The van der Waals surface area contributed by atoms with E-state index in [9.17, 15) is 0 Å². The van der Waals surface area contributed by atoms with Crippen LogP contribution in [0.15, 0.2) is 54.6 Å². The molecule has 0 bridgehead atoms. The van der Waals surface area contributed by atoms with E-state index in [0.29, 0.717) is 0 Å². The van der Waals surface area contributed by atoms with Crippen molar-refractivity contribution in [2.75, 3.05) is 66.5 Å². The molecular formula is C30H40ClN5. The van der Waals surface area contributed by atoms with Crippen molar-refractivity contribution >= 4 is 11.6 Å². The Balaban J connectivity index is 1.59. The second-order valence-electron chi connectivity index (χ2n) is 10.6. The van der Waals surface area contributed by atoms with Crippen LogP contribution in [0.3, 0.4) is 0 Å². The van der Waals surface area contributed by atoms with Gasteiger partial charge in [-0.1, -0.05) is 54.1 Å². The standard InChI is InChI=1S/C30H40ClN5/c1-24-28(22-34-17-13-32(2)14-18-34)29(23-35-19-15-33(3)16-20-35)30(26-9-11-27(31)12-10-26)36(24)21-25-7-5-4-6-8-25/h4-12H,13-23H2,1-3H3. The van der Waals surface area contributed by atoms with Crippen LogP contribution in [0.1, 0.15) is 22.4 Å². The number of hydrogen-bond acceptors (Lipinski definition) is 4. The van der Waals surface area contributed by atoms with Crippen LogP contribution in [0.4, 0.5) is 0 Å². The molecule has 5 rings (SSSR count). The number of likely N-dealkylation sites (N-methyl/N-ethyl adjacent to an activating group) is 2. The van der Waals surface area contributed by atoms with Crippen LogP contribution >= 0.6 is 11.6 Å². The Morgan fingerprint density at radius 3 is 1.72 bits per heavy atom. The summed E-state index contributed by atoms with van der Waals surface area (Å²) in [5, 5.41) is 0.787. The smallest absolute Gasteiger partial charge is 0.0534 e. The third-order valence-electron chi connectivity index (χ3n) is 8.02. The summed E-state index contributed by atoms with van der Waals surface area (Å²) in [6, 6.07) is 19.3. The molecule has 2 aromatic carbocycles. The van der Waals surface area contributed by atoms with E-state index < -0.39 is 0 Å². The van der Waals surface area contributed by atoms with Crippen molar-refractivity contribution in [3.8, 4) is 11.3 Å². The summed E-state index contributed by atoms with van der Waals surface area (Å²) in [5.74, 6) is 0.